The largest absolute Gasteiger partial charge is 0.378 e. The van der Waals surface area contributed by atoms with E-state index in [2.05, 4.69) is 22.6 Å². The van der Waals surface area contributed by atoms with Crippen molar-refractivity contribution in [3.05, 3.63) is 11.9 Å². The molecule has 1 saturated heterocycles. The van der Waals surface area contributed by atoms with Gasteiger partial charge in [0, 0.05) is 13.2 Å². The van der Waals surface area contributed by atoms with E-state index in [0.29, 0.717) is 12.1 Å². The third kappa shape index (κ3) is 3.29. The maximum absolute atomic E-state index is 5.78. The minimum Gasteiger partial charge on any atom is -0.378 e. The number of nitrogens with one attached hydrogen (secondary N) is 1. The number of aromatic nitrogens is 3. The number of aryl methyl sites for hydroxylation is 1. The van der Waals surface area contributed by atoms with Gasteiger partial charge in [-0.05, 0) is 46.1 Å². The zero-order valence-electron chi connectivity index (χ0n) is 11.4. The molecular weight excluding hydrogens is 228 g/mol. The van der Waals surface area contributed by atoms with Crippen LogP contribution in [0.15, 0.2) is 6.20 Å². The summed E-state index contributed by atoms with van der Waals surface area (Å²) < 4.78 is 7.74. The van der Waals surface area contributed by atoms with Crippen LogP contribution in [0.25, 0.3) is 0 Å². The van der Waals surface area contributed by atoms with Crippen molar-refractivity contribution in [3.63, 3.8) is 0 Å². The molecule has 1 aromatic heterocycles. The van der Waals surface area contributed by atoms with Crippen molar-refractivity contribution < 1.29 is 4.74 Å². The van der Waals surface area contributed by atoms with Gasteiger partial charge in [-0.1, -0.05) is 5.21 Å². The van der Waals surface area contributed by atoms with Crippen LogP contribution < -0.4 is 5.32 Å². The monoisotopic (exact) mass is 252 g/mol. The third-order valence-electron chi connectivity index (χ3n) is 3.70. The van der Waals surface area contributed by atoms with Crippen molar-refractivity contribution in [1.29, 1.82) is 0 Å². The highest BCUT2D eigenvalue weighted by molar-refractivity contribution is 5.02. The SMILES string of the molecule is CCn1nncc1C(CCC1CCCCO1)NC. The molecule has 0 saturated carbocycles. The van der Waals surface area contributed by atoms with E-state index < -0.39 is 0 Å². The van der Waals surface area contributed by atoms with E-state index in [9.17, 15) is 0 Å². The Labute approximate surface area is 109 Å². The summed E-state index contributed by atoms with van der Waals surface area (Å²) in [6, 6.07) is 0.325. The quantitative estimate of drug-likeness (QED) is 0.840. The van der Waals surface area contributed by atoms with Crippen LogP contribution in [0.1, 0.15) is 50.8 Å². The molecule has 0 radical (unpaired) electrons. The van der Waals surface area contributed by atoms with E-state index in [1.165, 1.54) is 25.0 Å². The summed E-state index contributed by atoms with van der Waals surface area (Å²) in [5, 5.41) is 11.5. The number of hydrogen-bond acceptors (Lipinski definition) is 4. The fourth-order valence-corrected chi connectivity index (χ4v) is 2.61. The molecule has 0 aromatic carbocycles. The summed E-state index contributed by atoms with van der Waals surface area (Å²) in [6.07, 6.45) is 8.24. The minimum atomic E-state index is 0.325. The third-order valence-corrected chi connectivity index (χ3v) is 3.70. The maximum atomic E-state index is 5.78. The Bertz CT molecular complexity index is 347. The number of ether oxygens (including phenoxy) is 1. The molecule has 0 amide bonds. The lowest BCUT2D eigenvalue weighted by Gasteiger charge is -2.24. The first-order chi connectivity index (χ1) is 8.85. The molecular formula is C13H24N4O. The number of hydrogen-bond donors (Lipinski definition) is 1. The molecule has 102 valence electrons. The fourth-order valence-electron chi connectivity index (χ4n) is 2.61. The van der Waals surface area contributed by atoms with Crippen molar-refractivity contribution in [1.82, 2.24) is 20.3 Å². The van der Waals surface area contributed by atoms with E-state index in [4.69, 9.17) is 4.74 Å². The van der Waals surface area contributed by atoms with Crippen molar-refractivity contribution in [2.24, 2.45) is 0 Å². The average Bonchev–Trinajstić information content (AvgIpc) is 2.89. The molecule has 1 fully saturated rings. The molecule has 2 atom stereocenters. The predicted octanol–water partition coefficient (Wildman–Crippen LogP) is 1.91. The van der Waals surface area contributed by atoms with Crippen LogP contribution in [-0.4, -0.2) is 34.8 Å². The van der Waals surface area contributed by atoms with Crippen LogP contribution in [0.3, 0.4) is 0 Å². The lowest BCUT2D eigenvalue weighted by molar-refractivity contribution is 0.00853. The van der Waals surface area contributed by atoms with Gasteiger partial charge in [-0.25, -0.2) is 4.68 Å². The van der Waals surface area contributed by atoms with Gasteiger partial charge in [-0.15, -0.1) is 5.10 Å². The average molecular weight is 252 g/mol. The van der Waals surface area contributed by atoms with E-state index in [0.717, 1.165) is 26.0 Å². The molecule has 1 N–H and O–H groups in total. The van der Waals surface area contributed by atoms with Crippen LogP contribution in [0.2, 0.25) is 0 Å². The Morgan fingerprint density at radius 1 is 1.56 bits per heavy atom. The highest BCUT2D eigenvalue weighted by Gasteiger charge is 2.19. The molecule has 1 aromatic rings. The van der Waals surface area contributed by atoms with Gasteiger partial charge in [0.25, 0.3) is 0 Å². The fraction of sp³-hybridized carbons (Fsp3) is 0.846. The van der Waals surface area contributed by atoms with Crippen LogP contribution in [0, 0.1) is 0 Å². The molecule has 1 aliphatic rings. The van der Waals surface area contributed by atoms with Crippen molar-refractivity contribution in [3.8, 4) is 0 Å². The topological polar surface area (TPSA) is 52.0 Å². The second kappa shape index (κ2) is 6.85. The van der Waals surface area contributed by atoms with Crippen molar-refractivity contribution in [2.45, 2.75) is 57.7 Å². The summed E-state index contributed by atoms with van der Waals surface area (Å²) in [5.41, 5.74) is 1.18. The Hall–Kier alpha value is -0.940. The second-order valence-corrected chi connectivity index (χ2v) is 4.88. The van der Waals surface area contributed by atoms with Crippen LogP contribution in [0.4, 0.5) is 0 Å². The van der Waals surface area contributed by atoms with E-state index in [-0.39, 0.29) is 0 Å². The van der Waals surface area contributed by atoms with Crippen LogP contribution in [0.5, 0.6) is 0 Å². The lowest BCUT2D eigenvalue weighted by atomic mass is 10.0. The summed E-state index contributed by atoms with van der Waals surface area (Å²) >= 11 is 0. The molecule has 2 rings (SSSR count). The van der Waals surface area contributed by atoms with Gasteiger partial charge in [-0.3, -0.25) is 0 Å². The highest BCUT2D eigenvalue weighted by Crippen LogP contribution is 2.23. The van der Waals surface area contributed by atoms with Gasteiger partial charge in [0.2, 0.25) is 0 Å². The first-order valence-corrected chi connectivity index (χ1v) is 7.02. The zero-order valence-corrected chi connectivity index (χ0v) is 11.4. The van der Waals surface area contributed by atoms with Gasteiger partial charge in [0.1, 0.15) is 0 Å². The molecule has 1 aliphatic heterocycles. The summed E-state index contributed by atoms with van der Waals surface area (Å²) in [4.78, 5) is 0. The lowest BCUT2D eigenvalue weighted by Crippen LogP contribution is -2.24. The summed E-state index contributed by atoms with van der Waals surface area (Å²) in [7, 11) is 2.00. The Morgan fingerprint density at radius 3 is 3.11 bits per heavy atom. The summed E-state index contributed by atoms with van der Waals surface area (Å²) in [6.45, 7) is 3.89. The molecule has 18 heavy (non-hydrogen) atoms. The molecule has 0 spiro atoms. The first kappa shape index (κ1) is 13.5. The Balaban J connectivity index is 1.88. The zero-order chi connectivity index (χ0) is 12.8. The van der Waals surface area contributed by atoms with E-state index >= 15 is 0 Å². The minimum absolute atomic E-state index is 0.325. The molecule has 0 bridgehead atoms. The van der Waals surface area contributed by atoms with Crippen molar-refractivity contribution >= 4 is 0 Å². The van der Waals surface area contributed by atoms with Gasteiger partial charge >= 0.3 is 0 Å². The van der Waals surface area contributed by atoms with Crippen molar-refractivity contribution in [2.75, 3.05) is 13.7 Å². The van der Waals surface area contributed by atoms with E-state index in [1.54, 1.807) is 0 Å². The van der Waals surface area contributed by atoms with Gasteiger partial charge < -0.3 is 10.1 Å². The van der Waals surface area contributed by atoms with E-state index in [1.807, 2.05) is 17.9 Å². The van der Waals surface area contributed by atoms with Gasteiger partial charge in [0.15, 0.2) is 0 Å². The first-order valence-electron chi connectivity index (χ1n) is 7.02. The normalized spacial score (nSPS) is 22.0. The molecule has 5 nitrogen and oxygen atoms in total. The second-order valence-electron chi connectivity index (χ2n) is 4.88. The van der Waals surface area contributed by atoms with Gasteiger partial charge in [0.05, 0.1) is 24.0 Å². The number of rotatable bonds is 6. The molecule has 0 aliphatic carbocycles. The molecule has 2 heterocycles. The molecule has 2 unspecified atom stereocenters. The Kier molecular flexibility index (Phi) is 5.13. The standard InChI is InChI=1S/C13H24N4O/c1-3-17-13(10-15-16-17)12(14-2)8-7-11-6-4-5-9-18-11/h10-12,14H,3-9H2,1-2H3. The van der Waals surface area contributed by atoms with Gasteiger partial charge in [-0.2, -0.15) is 0 Å². The highest BCUT2D eigenvalue weighted by atomic mass is 16.5. The molecule has 5 heteroatoms. The number of nitrogens with zero attached hydrogens (tertiary/aromatic N) is 3. The maximum Gasteiger partial charge on any atom is 0.0756 e. The van der Waals surface area contributed by atoms with Crippen LogP contribution >= 0.6 is 0 Å². The van der Waals surface area contributed by atoms with Crippen LogP contribution in [-0.2, 0) is 11.3 Å². The smallest absolute Gasteiger partial charge is 0.0756 e. The summed E-state index contributed by atoms with van der Waals surface area (Å²) in [5.74, 6) is 0. The Morgan fingerprint density at radius 2 is 2.44 bits per heavy atom. The predicted molar refractivity (Wildman–Crippen MR) is 70.3 cm³/mol.